The van der Waals surface area contributed by atoms with E-state index in [1.807, 2.05) is 18.5 Å². The molecule has 5 heteroatoms. The van der Waals surface area contributed by atoms with Crippen molar-refractivity contribution < 1.29 is 0 Å². The van der Waals surface area contributed by atoms with Gasteiger partial charge in [-0.2, -0.15) is 0 Å². The Morgan fingerprint density at radius 3 is 3.20 bits per heavy atom. The number of nitrogens with zero attached hydrogens (tertiary/aromatic N) is 3. The van der Waals surface area contributed by atoms with Crippen molar-refractivity contribution in [1.82, 2.24) is 15.3 Å². The Bertz CT molecular complexity index is 370. The summed E-state index contributed by atoms with van der Waals surface area (Å²) in [5.74, 6) is 1.09. The number of nitrogens with one attached hydrogen (secondary N) is 1. The van der Waals surface area contributed by atoms with E-state index in [0.29, 0.717) is 12.1 Å². The summed E-state index contributed by atoms with van der Waals surface area (Å²) in [5.41, 5.74) is 0. The third kappa shape index (κ3) is 1.59. The maximum Gasteiger partial charge on any atom is 0.189 e. The summed E-state index contributed by atoms with van der Waals surface area (Å²) in [6, 6.07) is 3.32. The van der Waals surface area contributed by atoms with Crippen LogP contribution in [0.1, 0.15) is 6.42 Å². The summed E-state index contributed by atoms with van der Waals surface area (Å²) in [6.07, 6.45) is 5.13. The second kappa shape index (κ2) is 3.64. The number of rotatable bonds is 2. The first-order valence-electron chi connectivity index (χ1n) is 5.24. The van der Waals surface area contributed by atoms with Gasteiger partial charge in [-0.25, -0.2) is 9.97 Å². The molecule has 1 aromatic rings. The average molecular weight is 222 g/mol. The molecule has 0 amide bonds. The zero-order valence-electron chi connectivity index (χ0n) is 8.68. The molecule has 1 N–H and O–H groups in total. The van der Waals surface area contributed by atoms with E-state index in [2.05, 4.69) is 20.2 Å². The fraction of sp³-hybridized carbons (Fsp3) is 0.600. The first-order chi connectivity index (χ1) is 7.36. The highest BCUT2D eigenvalue weighted by molar-refractivity contribution is 7.98. The molecule has 0 aromatic carbocycles. The van der Waals surface area contributed by atoms with Crippen LogP contribution in [-0.4, -0.2) is 41.4 Å². The number of piperazine rings is 1. The number of hydrogen-bond acceptors (Lipinski definition) is 5. The van der Waals surface area contributed by atoms with Crippen LogP contribution in [-0.2, 0) is 0 Å². The van der Waals surface area contributed by atoms with E-state index >= 15 is 0 Å². The summed E-state index contributed by atoms with van der Waals surface area (Å²) in [5, 5.41) is 4.36. The molecule has 80 valence electrons. The third-order valence-electron chi connectivity index (χ3n) is 3.15. The van der Waals surface area contributed by atoms with Crippen LogP contribution in [0.5, 0.6) is 0 Å². The highest BCUT2D eigenvalue weighted by Gasteiger charge is 2.38. The minimum Gasteiger partial charge on any atom is -0.351 e. The molecule has 1 aromatic heterocycles. The minimum atomic E-state index is 0.639. The van der Waals surface area contributed by atoms with Gasteiger partial charge in [0.25, 0.3) is 0 Å². The van der Waals surface area contributed by atoms with Crippen LogP contribution >= 0.6 is 11.8 Å². The van der Waals surface area contributed by atoms with Gasteiger partial charge in [0.15, 0.2) is 5.16 Å². The minimum absolute atomic E-state index is 0.639. The van der Waals surface area contributed by atoms with E-state index in [1.54, 1.807) is 11.8 Å². The van der Waals surface area contributed by atoms with Crippen LogP contribution < -0.4 is 10.2 Å². The maximum atomic E-state index is 4.54. The van der Waals surface area contributed by atoms with Gasteiger partial charge in [0, 0.05) is 31.4 Å². The van der Waals surface area contributed by atoms with Crippen molar-refractivity contribution in [3.05, 3.63) is 12.3 Å². The van der Waals surface area contributed by atoms with Crippen molar-refractivity contribution in [3.63, 3.8) is 0 Å². The lowest BCUT2D eigenvalue weighted by atomic mass is 10.2. The van der Waals surface area contributed by atoms with Crippen molar-refractivity contribution in [2.24, 2.45) is 0 Å². The molecule has 0 spiro atoms. The summed E-state index contributed by atoms with van der Waals surface area (Å²) < 4.78 is 0. The summed E-state index contributed by atoms with van der Waals surface area (Å²) in [6.45, 7) is 2.19. The molecule has 0 unspecified atom stereocenters. The standard InChI is InChI=1S/C10H14N4S/c1-15-10-11-3-2-9(13-10)14-6-7-4-8(14)5-12-7/h2-3,7-8,12H,4-6H2,1H3/t7-,8-/m0/s1. The molecule has 2 atom stereocenters. The monoisotopic (exact) mass is 222 g/mol. The molecule has 2 aliphatic rings. The molecule has 15 heavy (non-hydrogen) atoms. The van der Waals surface area contributed by atoms with Crippen LogP contribution in [0.4, 0.5) is 5.82 Å². The van der Waals surface area contributed by atoms with Gasteiger partial charge in [-0.05, 0) is 18.7 Å². The highest BCUT2D eigenvalue weighted by atomic mass is 32.2. The van der Waals surface area contributed by atoms with Gasteiger partial charge in [0.2, 0.25) is 0 Å². The molecule has 4 nitrogen and oxygen atoms in total. The van der Waals surface area contributed by atoms with Crippen LogP contribution in [0.3, 0.4) is 0 Å². The lowest BCUT2D eigenvalue weighted by Crippen LogP contribution is -2.44. The fourth-order valence-electron chi connectivity index (χ4n) is 2.43. The second-order valence-corrected chi connectivity index (χ2v) is 4.82. The number of anilines is 1. The van der Waals surface area contributed by atoms with Crippen molar-refractivity contribution in [2.45, 2.75) is 23.7 Å². The number of aromatic nitrogens is 2. The topological polar surface area (TPSA) is 41.1 Å². The molecule has 2 saturated heterocycles. The van der Waals surface area contributed by atoms with Gasteiger partial charge >= 0.3 is 0 Å². The Kier molecular flexibility index (Phi) is 2.29. The molecule has 0 saturated carbocycles. The molecular formula is C10H14N4S. The lowest BCUT2D eigenvalue weighted by molar-refractivity contribution is 0.574. The summed E-state index contributed by atoms with van der Waals surface area (Å²) >= 11 is 1.60. The van der Waals surface area contributed by atoms with Gasteiger partial charge in [0.05, 0.1) is 0 Å². The van der Waals surface area contributed by atoms with E-state index in [-0.39, 0.29) is 0 Å². The quantitative estimate of drug-likeness (QED) is 0.590. The Balaban J connectivity index is 1.86. The van der Waals surface area contributed by atoms with Crippen molar-refractivity contribution >= 4 is 17.6 Å². The van der Waals surface area contributed by atoms with Crippen LogP contribution in [0.25, 0.3) is 0 Å². The van der Waals surface area contributed by atoms with Gasteiger partial charge in [-0.3, -0.25) is 0 Å². The molecular weight excluding hydrogens is 208 g/mol. The second-order valence-electron chi connectivity index (χ2n) is 4.05. The van der Waals surface area contributed by atoms with E-state index in [9.17, 15) is 0 Å². The molecule has 3 rings (SSSR count). The third-order valence-corrected chi connectivity index (χ3v) is 3.71. The zero-order valence-corrected chi connectivity index (χ0v) is 9.50. The maximum absolute atomic E-state index is 4.54. The van der Waals surface area contributed by atoms with Gasteiger partial charge in [0.1, 0.15) is 5.82 Å². The van der Waals surface area contributed by atoms with Crippen molar-refractivity contribution in [2.75, 3.05) is 24.2 Å². The van der Waals surface area contributed by atoms with E-state index in [4.69, 9.17) is 0 Å². The first-order valence-corrected chi connectivity index (χ1v) is 6.46. The van der Waals surface area contributed by atoms with Gasteiger partial charge in [-0.1, -0.05) is 11.8 Å². The lowest BCUT2D eigenvalue weighted by Gasteiger charge is -2.28. The van der Waals surface area contributed by atoms with Crippen molar-refractivity contribution in [1.29, 1.82) is 0 Å². The molecule has 2 bridgehead atoms. The Hall–Kier alpha value is -0.810. The first kappa shape index (κ1) is 9.42. The average Bonchev–Trinajstić information content (AvgIpc) is 2.91. The molecule has 0 radical (unpaired) electrons. The van der Waals surface area contributed by atoms with Crippen LogP contribution in [0, 0.1) is 0 Å². The van der Waals surface area contributed by atoms with E-state index in [0.717, 1.165) is 24.1 Å². The Morgan fingerprint density at radius 2 is 2.53 bits per heavy atom. The SMILES string of the molecule is CSc1nccc(N2C[C@@H]3C[C@H]2CN3)n1. The molecule has 2 fully saturated rings. The van der Waals surface area contributed by atoms with Crippen molar-refractivity contribution in [3.8, 4) is 0 Å². The van der Waals surface area contributed by atoms with Crippen LogP contribution in [0.2, 0.25) is 0 Å². The predicted octanol–water partition coefficient (Wildman–Crippen LogP) is 0.749. The summed E-state index contributed by atoms with van der Waals surface area (Å²) in [4.78, 5) is 11.1. The van der Waals surface area contributed by atoms with E-state index in [1.165, 1.54) is 6.42 Å². The number of hydrogen-bond donors (Lipinski definition) is 1. The number of fused-ring (bicyclic) bond motifs is 2. The molecule has 0 aliphatic carbocycles. The predicted molar refractivity (Wildman–Crippen MR) is 61.4 cm³/mol. The molecule has 2 aliphatic heterocycles. The number of thioether (sulfide) groups is 1. The zero-order chi connectivity index (χ0) is 10.3. The molecule has 3 heterocycles. The van der Waals surface area contributed by atoms with Gasteiger partial charge < -0.3 is 10.2 Å². The van der Waals surface area contributed by atoms with Gasteiger partial charge in [-0.15, -0.1) is 0 Å². The highest BCUT2D eigenvalue weighted by Crippen LogP contribution is 2.28. The normalized spacial score (nSPS) is 28.7. The Morgan fingerprint density at radius 1 is 1.60 bits per heavy atom. The fourth-order valence-corrected chi connectivity index (χ4v) is 2.78. The largest absolute Gasteiger partial charge is 0.351 e. The Labute approximate surface area is 93.5 Å². The van der Waals surface area contributed by atoms with E-state index < -0.39 is 0 Å². The van der Waals surface area contributed by atoms with Crippen LogP contribution in [0.15, 0.2) is 17.4 Å². The summed E-state index contributed by atoms with van der Waals surface area (Å²) in [7, 11) is 0. The smallest absolute Gasteiger partial charge is 0.189 e.